The maximum Gasteiger partial charge on any atom is 0.0466 e. The molecule has 0 aromatic carbocycles. The molecular weight excluding hydrogens is 669 g/mol. The van der Waals surface area contributed by atoms with E-state index in [0.717, 1.165) is 13.2 Å². The van der Waals surface area contributed by atoms with E-state index in [-0.39, 0.29) is 0 Å². The van der Waals surface area contributed by atoms with Crippen molar-refractivity contribution in [2.75, 3.05) is 26.3 Å². The Labute approximate surface area is 349 Å². The van der Waals surface area contributed by atoms with Crippen molar-refractivity contribution in [2.24, 2.45) is 0 Å². The van der Waals surface area contributed by atoms with E-state index >= 15 is 0 Å². The molecule has 3 heteroatoms. The van der Waals surface area contributed by atoms with Crippen molar-refractivity contribution in [2.45, 2.75) is 285 Å². The Balaban J connectivity index is 3.24. The Hall–Kier alpha value is -0.640. The molecule has 0 heterocycles. The highest BCUT2D eigenvalue weighted by molar-refractivity contribution is 4.82. The van der Waals surface area contributed by atoms with E-state index < -0.39 is 0 Å². The molecule has 0 rings (SSSR count). The fourth-order valence-corrected chi connectivity index (χ4v) is 8.38. The van der Waals surface area contributed by atoms with Crippen molar-refractivity contribution in [3.63, 3.8) is 0 Å². The van der Waals surface area contributed by atoms with E-state index in [4.69, 9.17) is 4.74 Å². The number of allylic oxidation sites excluding steroid dienone is 4. The van der Waals surface area contributed by atoms with Crippen LogP contribution in [-0.2, 0) is 4.74 Å². The van der Waals surface area contributed by atoms with Crippen LogP contribution in [0.15, 0.2) is 24.3 Å². The summed E-state index contributed by atoms with van der Waals surface area (Å²) >= 11 is 0. The first-order valence-corrected chi connectivity index (χ1v) is 25.2. The molecule has 328 valence electrons. The summed E-state index contributed by atoms with van der Waals surface area (Å²) in [7, 11) is 0. The van der Waals surface area contributed by atoms with Crippen LogP contribution in [0.25, 0.3) is 0 Å². The minimum absolute atomic E-state index is 0.676. The summed E-state index contributed by atoms with van der Waals surface area (Å²) in [5, 5.41) is 0. The first-order valence-electron chi connectivity index (χ1n) is 25.2. The molecule has 0 aliphatic carbocycles. The third kappa shape index (κ3) is 39.9. The van der Waals surface area contributed by atoms with Crippen LogP contribution in [0, 0.1) is 0 Å². The lowest BCUT2D eigenvalue weighted by Gasteiger charge is -2.30. The van der Waals surface area contributed by atoms with Gasteiger partial charge in [0.1, 0.15) is 0 Å². The summed E-state index contributed by atoms with van der Waals surface area (Å²) in [5.74, 6) is 0. The molecular formula is C52H104N2O. The SMILES string of the molecule is CC(C)N(CCCCCCCCCCC=CCCCCCCCCOCCCCCCCCC=CCCCCCCCCCCN(C(C)C)C(C)C)C(C)C. The van der Waals surface area contributed by atoms with Crippen molar-refractivity contribution >= 4 is 0 Å². The molecule has 0 aliphatic rings. The summed E-state index contributed by atoms with van der Waals surface area (Å²) in [6.07, 6.45) is 53.8. The van der Waals surface area contributed by atoms with E-state index in [1.165, 1.54) is 219 Å². The van der Waals surface area contributed by atoms with Gasteiger partial charge >= 0.3 is 0 Å². The van der Waals surface area contributed by atoms with E-state index in [9.17, 15) is 0 Å². The lowest BCUT2D eigenvalue weighted by Crippen LogP contribution is -2.37. The number of hydrogen-bond acceptors (Lipinski definition) is 3. The minimum atomic E-state index is 0.676. The van der Waals surface area contributed by atoms with Gasteiger partial charge in [0.05, 0.1) is 0 Å². The molecule has 0 aliphatic heterocycles. The average molecular weight is 773 g/mol. The zero-order valence-electron chi connectivity index (χ0n) is 39.4. The molecule has 0 fully saturated rings. The second-order valence-corrected chi connectivity index (χ2v) is 18.5. The van der Waals surface area contributed by atoms with Gasteiger partial charge in [-0.2, -0.15) is 0 Å². The van der Waals surface area contributed by atoms with Gasteiger partial charge in [-0.25, -0.2) is 0 Å². The van der Waals surface area contributed by atoms with E-state index in [1.807, 2.05) is 0 Å². The first kappa shape index (κ1) is 54.4. The molecule has 0 aromatic heterocycles. The lowest BCUT2D eigenvalue weighted by atomic mass is 10.1. The molecule has 0 amide bonds. The number of rotatable bonds is 44. The summed E-state index contributed by atoms with van der Waals surface area (Å²) in [4.78, 5) is 5.27. The zero-order valence-corrected chi connectivity index (χ0v) is 39.4. The van der Waals surface area contributed by atoms with Crippen LogP contribution in [-0.4, -0.2) is 60.3 Å². The lowest BCUT2D eigenvalue weighted by molar-refractivity contribution is 0.125. The number of hydrogen-bond donors (Lipinski definition) is 0. The van der Waals surface area contributed by atoms with Crippen molar-refractivity contribution in [3.05, 3.63) is 24.3 Å². The van der Waals surface area contributed by atoms with Crippen LogP contribution in [0.1, 0.15) is 261 Å². The van der Waals surface area contributed by atoms with Gasteiger partial charge in [-0.3, -0.25) is 9.80 Å². The Morgan fingerprint density at radius 2 is 0.473 bits per heavy atom. The van der Waals surface area contributed by atoms with Gasteiger partial charge in [0, 0.05) is 37.4 Å². The molecule has 3 nitrogen and oxygen atoms in total. The molecule has 0 saturated carbocycles. The fraction of sp³-hybridized carbons (Fsp3) is 0.923. The second kappa shape index (κ2) is 43.0. The number of unbranched alkanes of at least 4 members (excludes halogenated alkanes) is 28. The van der Waals surface area contributed by atoms with Crippen molar-refractivity contribution in [1.29, 1.82) is 0 Å². The van der Waals surface area contributed by atoms with Crippen LogP contribution in [0.4, 0.5) is 0 Å². The van der Waals surface area contributed by atoms with E-state index in [1.54, 1.807) is 0 Å². The normalized spacial score (nSPS) is 12.6. The molecule has 55 heavy (non-hydrogen) atoms. The van der Waals surface area contributed by atoms with Crippen molar-refractivity contribution < 1.29 is 4.74 Å². The third-order valence-corrected chi connectivity index (χ3v) is 11.9. The molecule has 0 aromatic rings. The van der Waals surface area contributed by atoms with Crippen molar-refractivity contribution in [3.8, 4) is 0 Å². The van der Waals surface area contributed by atoms with Gasteiger partial charge in [-0.05, 0) is 146 Å². The maximum atomic E-state index is 5.92. The van der Waals surface area contributed by atoms with Gasteiger partial charge in [-0.1, -0.05) is 153 Å². The summed E-state index contributed by atoms with van der Waals surface area (Å²) in [6, 6.07) is 2.70. The predicted molar refractivity (Wildman–Crippen MR) is 251 cm³/mol. The highest BCUT2D eigenvalue weighted by atomic mass is 16.5. The van der Waals surface area contributed by atoms with Crippen LogP contribution in [0.3, 0.4) is 0 Å². The quantitative estimate of drug-likeness (QED) is 0.0453. The summed E-state index contributed by atoms with van der Waals surface area (Å²) in [6.45, 7) is 23.1. The van der Waals surface area contributed by atoms with E-state index in [0.29, 0.717) is 24.2 Å². The standard InChI is InChI=1S/C52H104N2O/c1-49(2)53(50(3)4)45-41-37-33-29-25-21-17-13-9-11-15-19-23-27-31-35-39-43-47-55-48-44-40-36-32-28-24-20-16-12-10-14-18-22-26-30-34-38-42-46-54(51(5)6)52(7)8/h11-12,15-16,49-52H,9-10,13-14,17-48H2,1-8H3. The number of ether oxygens (including phenoxy) is 1. The van der Waals surface area contributed by atoms with Crippen LogP contribution in [0.5, 0.6) is 0 Å². The van der Waals surface area contributed by atoms with Gasteiger partial charge in [-0.15, -0.1) is 0 Å². The Morgan fingerprint density at radius 3 is 0.709 bits per heavy atom. The van der Waals surface area contributed by atoms with Crippen LogP contribution in [0.2, 0.25) is 0 Å². The maximum absolute atomic E-state index is 5.92. The van der Waals surface area contributed by atoms with Gasteiger partial charge in [0.2, 0.25) is 0 Å². The molecule has 0 spiro atoms. The first-order chi connectivity index (χ1) is 26.8. The summed E-state index contributed by atoms with van der Waals surface area (Å²) < 4.78 is 5.92. The van der Waals surface area contributed by atoms with Gasteiger partial charge < -0.3 is 4.74 Å². The monoisotopic (exact) mass is 773 g/mol. The Kier molecular flexibility index (Phi) is 42.5. The Morgan fingerprint density at radius 1 is 0.273 bits per heavy atom. The molecule has 0 N–H and O–H groups in total. The number of nitrogens with zero attached hydrogens (tertiary/aromatic N) is 2. The molecule has 0 saturated heterocycles. The van der Waals surface area contributed by atoms with Gasteiger partial charge in [0.25, 0.3) is 0 Å². The Bertz CT molecular complexity index is 706. The molecule has 0 unspecified atom stereocenters. The predicted octanol–water partition coefficient (Wildman–Crippen LogP) is 16.8. The molecule has 0 radical (unpaired) electrons. The highest BCUT2D eigenvalue weighted by Crippen LogP contribution is 2.15. The van der Waals surface area contributed by atoms with Gasteiger partial charge in [0.15, 0.2) is 0 Å². The average Bonchev–Trinajstić information content (AvgIpc) is 3.14. The molecule has 0 atom stereocenters. The minimum Gasteiger partial charge on any atom is -0.381 e. The molecule has 0 bridgehead atoms. The fourth-order valence-electron chi connectivity index (χ4n) is 8.38. The van der Waals surface area contributed by atoms with Crippen LogP contribution >= 0.6 is 0 Å². The van der Waals surface area contributed by atoms with Crippen molar-refractivity contribution in [1.82, 2.24) is 9.80 Å². The smallest absolute Gasteiger partial charge is 0.0466 e. The van der Waals surface area contributed by atoms with Crippen LogP contribution < -0.4 is 0 Å². The topological polar surface area (TPSA) is 15.7 Å². The highest BCUT2D eigenvalue weighted by Gasteiger charge is 2.13. The third-order valence-electron chi connectivity index (χ3n) is 11.9. The zero-order chi connectivity index (χ0) is 40.5. The second-order valence-electron chi connectivity index (χ2n) is 18.5. The summed E-state index contributed by atoms with van der Waals surface area (Å²) in [5.41, 5.74) is 0. The van der Waals surface area contributed by atoms with E-state index in [2.05, 4.69) is 89.5 Å². The largest absolute Gasteiger partial charge is 0.381 e.